The van der Waals surface area contributed by atoms with Gasteiger partial charge in [-0.05, 0) is 40.5 Å². The van der Waals surface area contributed by atoms with Crippen molar-refractivity contribution in [2.45, 2.75) is 52.2 Å². The molecule has 0 bridgehead atoms. The minimum absolute atomic E-state index is 0.147. The highest BCUT2D eigenvalue weighted by molar-refractivity contribution is 7.90. The summed E-state index contributed by atoms with van der Waals surface area (Å²) >= 11 is 0. The number of ether oxygens (including phenoxy) is 1. The molecule has 1 aliphatic rings. The van der Waals surface area contributed by atoms with Crippen LogP contribution in [0.1, 0.15) is 39.3 Å². The second-order valence-electron chi connectivity index (χ2n) is 6.69. The number of hydrogen-bond acceptors (Lipinski definition) is 4. The van der Waals surface area contributed by atoms with Crippen molar-refractivity contribution in [1.82, 2.24) is 14.1 Å². The number of hydrogen-bond donors (Lipinski definition) is 1. The summed E-state index contributed by atoms with van der Waals surface area (Å²) in [5.41, 5.74) is 0.730. The molecule has 0 aliphatic carbocycles. The Kier molecular flexibility index (Phi) is 4.84. The molecular weight excluding hydrogens is 304 g/mol. The van der Waals surface area contributed by atoms with E-state index in [0.717, 1.165) is 5.69 Å². The maximum atomic E-state index is 12.4. The Morgan fingerprint density at radius 2 is 1.91 bits per heavy atom. The molecule has 1 aromatic rings. The molecule has 1 saturated heterocycles. The summed E-state index contributed by atoms with van der Waals surface area (Å²) in [5, 5.41) is 4.37. The molecule has 0 amide bonds. The van der Waals surface area contributed by atoms with E-state index in [0.29, 0.717) is 31.7 Å². The van der Waals surface area contributed by atoms with Crippen molar-refractivity contribution in [3.05, 3.63) is 11.8 Å². The van der Waals surface area contributed by atoms with Gasteiger partial charge in [0.05, 0.1) is 11.6 Å². The molecule has 1 aromatic heterocycles. The maximum Gasteiger partial charge on any atom is 0.302 e. The van der Waals surface area contributed by atoms with Crippen LogP contribution in [0.2, 0.25) is 0 Å². The lowest BCUT2D eigenvalue weighted by molar-refractivity contribution is 0.0606. The molecule has 0 radical (unpaired) electrons. The number of anilines is 1. The molecule has 0 spiro atoms. The first kappa shape index (κ1) is 17.2. The zero-order chi connectivity index (χ0) is 16.5. The summed E-state index contributed by atoms with van der Waals surface area (Å²) < 4.78 is 36.0. The second-order valence-corrected chi connectivity index (χ2v) is 8.37. The van der Waals surface area contributed by atoms with Crippen LogP contribution in [-0.2, 0) is 20.5 Å². The van der Waals surface area contributed by atoms with Gasteiger partial charge in [-0.15, -0.1) is 0 Å². The van der Waals surface area contributed by atoms with E-state index in [2.05, 4.69) is 9.82 Å². The van der Waals surface area contributed by atoms with Gasteiger partial charge < -0.3 is 4.74 Å². The summed E-state index contributed by atoms with van der Waals surface area (Å²) in [4.78, 5) is 0. The number of aromatic nitrogens is 2. The highest BCUT2D eigenvalue weighted by Gasteiger charge is 2.29. The molecule has 0 atom stereocenters. The van der Waals surface area contributed by atoms with Crippen molar-refractivity contribution in [3.8, 4) is 0 Å². The molecule has 8 heteroatoms. The van der Waals surface area contributed by atoms with E-state index in [4.69, 9.17) is 4.74 Å². The van der Waals surface area contributed by atoms with E-state index in [1.54, 1.807) is 13.2 Å². The number of piperidine rings is 1. The molecule has 1 fully saturated rings. The number of aryl methyl sites for hydroxylation is 1. The second kappa shape index (κ2) is 6.17. The molecular formula is C14H26N4O3S. The molecule has 1 aliphatic heterocycles. The van der Waals surface area contributed by atoms with Crippen LogP contribution >= 0.6 is 0 Å². The SMILES string of the molecule is COC1CCN(S(=O)(=O)Nc2cc(C)n(C(C)(C)C)n2)CC1. The lowest BCUT2D eigenvalue weighted by atomic mass is 10.1. The predicted molar refractivity (Wildman–Crippen MR) is 86.1 cm³/mol. The summed E-state index contributed by atoms with van der Waals surface area (Å²) in [6, 6.07) is 1.75. The minimum Gasteiger partial charge on any atom is -0.381 e. The highest BCUT2D eigenvalue weighted by atomic mass is 32.2. The molecule has 2 rings (SSSR count). The third-order valence-corrected chi connectivity index (χ3v) is 5.34. The van der Waals surface area contributed by atoms with Crippen LogP contribution in [0.5, 0.6) is 0 Å². The Morgan fingerprint density at radius 1 is 1.32 bits per heavy atom. The molecule has 126 valence electrons. The third-order valence-electron chi connectivity index (χ3n) is 3.83. The topological polar surface area (TPSA) is 76.5 Å². The van der Waals surface area contributed by atoms with Gasteiger partial charge in [0.25, 0.3) is 0 Å². The molecule has 0 unspecified atom stereocenters. The van der Waals surface area contributed by atoms with Gasteiger partial charge in [-0.3, -0.25) is 9.40 Å². The summed E-state index contributed by atoms with van der Waals surface area (Å²) in [6.07, 6.45) is 1.58. The van der Waals surface area contributed by atoms with Gasteiger partial charge in [0.15, 0.2) is 5.82 Å². The van der Waals surface area contributed by atoms with Crippen LogP contribution in [-0.4, -0.2) is 48.8 Å². The molecule has 0 aromatic carbocycles. The summed E-state index contributed by atoms with van der Waals surface area (Å²) in [6.45, 7) is 8.93. The number of rotatable bonds is 4. The summed E-state index contributed by atoms with van der Waals surface area (Å²) in [7, 11) is -1.90. The van der Waals surface area contributed by atoms with Crippen LogP contribution in [0.25, 0.3) is 0 Å². The smallest absolute Gasteiger partial charge is 0.302 e. The number of nitrogens with zero attached hydrogens (tertiary/aromatic N) is 3. The fourth-order valence-corrected chi connectivity index (χ4v) is 3.89. The Morgan fingerprint density at radius 3 is 2.36 bits per heavy atom. The average Bonchev–Trinajstić information content (AvgIpc) is 2.79. The zero-order valence-electron chi connectivity index (χ0n) is 14.0. The minimum atomic E-state index is -3.57. The first-order chi connectivity index (χ1) is 10.1. The van der Waals surface area contributed by atoms with Gasteiger partial charge in [0.2, 0.25) is 0 Å². The normalized spacial score (nSPS) is 18.6. The van der Waals surface area contributed by atoms with E-state index < -0.39 is 10.2 Å². The quantitative estimate of drug-likeness (QED) is 0.912. The molecule has 0 saturated carbocycles. The third kappa shape index (κ3) is 3.80. The van der Waals surface area contributed by atoms with Crippen molar-refractivity contribution < 1.29 is 13.2 Å². The van der Waals surface area contributed by atoms with Gasteiger partial charge >= 0.3 is 10.2 Å². The first-order valence-electron chi connectivity index (χ1n) is 7.51. The Labute approximate surface area is 132 Å². The number of methoxy groups -OCH3 is 1. The van der Waals surface area contributed by atoms with E-state index in [1.807, 2.05) is 32.4 Å². The molecule has 1 N–H and O–H groups in total. The van der Waals surface area contributed by atoms with Gasteiger partial charge in [0.1, 0.15) is 0 Å². The van der Waals surface area contributed by atoms with Crippen LogP contribution in [0, 0.1) is 6.92 Å². The van der Waals surface area contributed by atoms with E-state index >= 15 is 0 Å². The van der Waals surface area contributed by atoms with Crippen LogP contribution in [0.3, 0.4) is 0 Å². The largest absolute Gasteiger partial charge is 0.381 e. The van der Waals surface area contributed by atoms with E-state index in [9.17, 15) is 8.42 Å². The fourth-order valence-electron chi connectivity index (χ4n) is 2.71. The predicted octanol–water partition coefficient (Wildman–Crippen LogP) is 1.71. The van der Waals surface area contributed by atoms with Crippen molar-refractivity contribution in [2.24, 2.45) is 0 Å². The molecule has 22 heavy (non-hydrogen) atoms. The number of nitrogens with one attached hydrogen (secondary N) is 1. The van der Waals surface area contributed by atoms with E-state index in [1.165, 1.54) is 4.31 Å². The zero-order valence-corrected chi connectivity index (χ0v) is 14.8. The van der Waals surface area contributed by atoms with Crippen LogP contribution in [0.15, 0.2) is 6.07 Å². The van der Waals surface area contributed by atoms with Gasteiger partial charge in [0, 0.05) is 32.0 Å². The van der Waals surface area contributed by atoms with Crippen LogP contribution < -0.4 is 4.72 Å². The van der Waals surface area contributed by atoms with Gasteiger partial charge in [-0.1, -0.05) is 0 Å². The Balaban J connectivity index is 2.10. The molecule has 2 heterocycles. The highest BCUT2D eigenvalue weighted by Crippen LogP contribution is 2.21. The molecule has 7 nitrogen and oxygen atoms in total. The van der Waals surface area contributed by atoms with Gasteiger partial charge in [-0.25, -0.2) is 0 Å². The van der Waals surface area contributed by atoms with Crippen molar-refractivity contribution in [2.75, 3.05) is 24.9 Å². The summed E-state index contributed by atoms with van der Waals surface area (Å²) in [5.74, 6) is 0.362. The van der Waals surface area contributed by atoms with Crippen LogP contribution in [0.4, 0.5) is 5.82 Å². The average molecular weight is 330 g/mol. The van der Waals surface area contributed by atoms with Crippen molar-refractivity contribution in [3.63, 3.8) is 0 Å². The first-order valence-corrected chi connectivity index (χ1v) is 8.95. The lowest BCUT2D eigenvalue weighted by Crippen LogP contribution is -2.43. The Hall–Kier alpha value is -1.12. The van der Waals surface area contributed by atoms with Gasteiger partial charge in [-0.2, -0.15) is 17.8 Å². The lowest BCUT2D eigenvalue weighted by Gasteiger charge is -2.30. The van der Waals surface area contributed by atoms with E-state index in [-0.39, 0.29) is 11.6 Å². The Bertz CT molecular complexity index is 611. The van der Waals surface area contributed by atoms with Crippen molar-refractivity contribution in [1.29, 1.82) is 0 Å². The monoisotopic (exact) mass is 330 g/mol. The van der Waals surface area contributed by atoms with Crippen molar-refractivity contribution >= 4 is 16.0 Å². The standard InChI is InChI=1S/C14H26N4O3S/c1-11-10-13(15-18(11)14(2,3)4)16-22(19,20)17-8-6-12(21-5)7-9-17/h10,12H,6-9H2,1-5H3,(H,15,16). The maximum absolute atomic E-state index is 12.4. The fraction of sp³-hybridized carbons (Fsp3) is 0.786.